The lowest BCUT2D eigenvalue weighted by Crippen LogP contribution is -2.37. The maximum absolute atomic E-state index is 13.5. The molecule has 1 aromatic rings. The van der Waals surface area contributed by atoms with Gasteiger partial charge in [0.15, 0.2) is 17.3 Å². The van der Waals surface area contributed by atoms with Gasteiger partial charge >= 0.3 is 0 Å². The van der Waals surface area contributed by atoms with Gasteiger partial charge in [-0.3, -0.25) is 14.5 Å². The highest BCUT2D eigenvalue weighted by molar-refractivity contribution is 5.98. The highest BCUT2D eigenvalue weighted by Crippen LogP contribution is 2.18. The van der Waals surface area contributed by atoms with Crippen LogP contribution in [0.2, 0.25) is 0 Å². The van der Waals surface area contributed by atoms with E-state index in [1.54, 1.807) is 11.9 Å². The molecule has 0 fully saturated rings. The van der Waals surface area contributed by atoms with Gasteiger partial charge in [-0.25, -0.2) is 4.39 Å². The van der Waals surface area contributed by atoms with Crippen LogP contribution in [0.1, 0.15) is 17.3 Å². The molecule has 1 rings (SSSR count). The zero-order valence-electron chi connectivity index (χ0n) is 11.9. The molecule has 6 heteroatoms. The van der Waals surface area contributed by atoms with E-state index in [9.17, 15) is 14.0 Å². The van der Waals surface area contributed by atoms with Crippen molar-refractivity contribution in [2.75, 3.05) is 33.8 Å². The molecule has 0 atom stereocenters. The second kappa shape index (κ2) is 7.59. The molecule has 0 aliphatic heterocycles. The molecule has 1 amide bonds. The number of hydrogen-bond acceptors (Lipinski definition) is 4. The molecule has 0 heterocycles. The molecule has 0 spiro atoms. The van der Waals surface area contributed by atoms with Crippen LogP contribution in [0.15, 0.2) is 18.2 Å². The summed E-state index contributed by atoms with van der Waals surface area (Å²) in [6.07, 6.45) is 0. The smallest absolute Gasteiger partial charge is 0.234 e. The van der Waals surface area contributed by atoms with Gasteiger partial charge in [-0.05, 0) is 32.2 Å². The summed E-state index contributed by atoms with van der Waals surface area (Å²) in [5, 5.41) is 2.65. The van der Waals surface area contributed by atoms with E-state index in [-0.39, 0.29) is 36.1 Å². The van der Waals surface area contributed by atoms with Crippen LogP contribution in [0.5, 0.6) is 5.75 Å². The van der Waals surface area contributed by atoms with Gasteiger partial charge in [0.1, 0.15) is 0 Å². The fraction of sp³-hybridized carbons (Fsp3) is 0.429. The number of methoxy groups -OCH3 is 1. The average Bonchev–Trinajstić information content (AvgIpc) is 2.38. The monoisotopic (exact) mass is 282 g/mol. The summed E-state index contributed by atoms with van der Waals surface area (Å²) in [6, 6.07) is 4.05. The third-order valence-electron chi connectivity index (χ3n) is 2.67. The van der Waals surface area contributed by atoms with Gasteiger partial charge in [-0.15, -0.1) is 0 Å². The lowest BCUT2D eigenvalue weighted by molar-refractivity contribution is -0.121. The largest absolute Gasteiger partial charge is 0.494 e. The number of carbonyl (C=O) groups is 2. The second-order valence-corrected chi connectivity index (χ2v) is 4.40. The van der Waals surface area contributed by atoms with E-state index in [1.807, 2.05) is 6.92 Å². The Morgan fingerprint density at radius 2 is 2.05 bits per heavy atom. The summed E-state index contributed by atoms with van der Waals surface area (Å²) in [4.78, 5) is 24.9. The summed E-state index contributed by atoms with van der Waals surface area (Å²) in [7, 11) is 3.02. The number of amides is 1. The normalized spacial score (nSPS) is 10.4. The first kappa shape index (κ1) is 16.1. The predicted molar refractivity (Wildman–Crippen MR) is 73.5 cm³/mol. The van der Waals surface area contributed by atoms with Gasteiger partial charge in [-0.1, -0.05) is 0 Å². The van der Waals surface area contributed by atoms with Crippen LogP contribution in [-0.2, 0) is 4.79 Å². The van der Waals surface area contributed by atoms with Crippen molar-refractivity contribution in [2.24, 2.45) is 0 Å². The molecule has 0 bridgehead atoms. The number of benzene rings is 1. The van der Waals surface area contributed by atoms with E-state index in [1.165, 1.54) is 19.2 Å². The first-order valence-electron chi connectivity index (χ1n) is 6.30. The Labute approximate surface area is 117 Å². The number of halogens is 1. The predicted octanol–water partition coefficient (Wildman–Crippen LogP) is 1.08. The number of carbonyl (C=O) groups excluding carboxylic acids is 2. The first-order chi connectivity index (χ1) is 9.47. The van der Waals surface area contributed by atoms with E-state index in [4.69, 9.17) is 4.74 Å². The van der Waals surface area contributed by atoms with Gasteiger partial charge in [0.25, 0.3) is 0 Å². The summed E-state index contributed by atoms with van der Waals surface area (Å²) >= 11 is 0. The molecular weight excluding hydrogens is 263 g/mol. The van der Waals surface area contributed by atoms with Crippen LogP contribution >= 0.6 is 0 Å². The number of nitrogens with zero attached hydrogens (tertiary/aromatic N) is 1. The molecule has 0 aliphatic carbocycles. The van der Waals surface area contributed by atoms with Crippen molar-refractivity contribution in [1.82, 2.24) is 10.2 Å². The molecule has 0 unspecified atom stereocenters. The van der Waals surface area contributed by atoms with Gasteiger partial charge in [-0.2, -0.15) is 0 Å². The van der Waals surface area contributed by atoms with Gasteiger partial charge in [0, 0.05) is 12.1 Å². The van der Waals surface area contributed by atoms with Crippen molar-refractivity contribution >= 4 is 11.7 Å². The van der Waals surface area contributed by atoms with E-state index in [2.05, 4.69) is 5.32 Å². The highest BCUT2D eigenvalue weighted by Gasteiger charge is 2.14. The van der Waals surface area contributed by atoms with Crippen LogP contribution in [-0.4, -0.2) is 50.4 Å². The second-order valence-electron chi connectivity index (χ2n) is 4.40. The Bertz CT molecular complexity index is 491. The maximum Gasteiger partial charge on any atom is 0.234 e. The van der Waals surface area contributed by atoms with Crippen LogP contribution < -0.4 is 10.1 Å². The number of ether oxygens (including phenoxy) is 1. The lowest BCUT2D eigenvalue weighted by Gasteiger charge is -2.15. The minimum Gasteiger partial charge on any atom is -0.494 e. The molecule has 0 aromatic heterocycles. The van der Waals surface area contributed by atoms with E-state index < -0.39 is 5.82 Å². The van der Waals surface area contributed by atoms with Crippen molar-refractivity contribution in [3.8, 4) is 5.75 Å². The molecule has 0 aliphatic rings. The number of likely N-dealkylation sites (N-methyl/N-ethyl adjacent to an activating group) is 2. The quantitative estimate of drug-likeness (QED) is 0.760. The number of Topliss-reactive ketones (excluding diaryl/α,β-unsaturated/α-hetero) is 1. The minimum absolute atomic E-state index is 0.0445. The fourth-order valence-corrected chi connectivity index (χ4v) is 1.73. The standard InChI is InChI=1S/C14H19FN2O3/c1-4-16-14(19)9-17(2)8-12(18)10-5-6-13(20-3)11(15)7-10/h5-7H,4,8-9H2,1-3H3,(H,16,19). The number of ketones is 1. The SMILES string of the molecule is CCNC(=O)CN(C)CC(=O)c1ccc(OC)c(F)c1. The molecule has 20 heavy (non-hydrogen) atoms. The number of nitrogens with one attached hydrogen (secondary N) is 1. The van der Waals surface area contributed by atoms with Crippen LogP contribution in [0.3, 0.4) is 0 Å². The zero-order chi connectivity index (χ0) is 15.1. The highest BCUT2D eigenvalue weighted by atomic mass is 19.1. The van der Waals surface area contributed by atoms with E-state index in [0.717, 1.165) is 6.07 Å². The molecule has 0 radical (unpaired) electrons. The van der Waals surface area contributed by atoms with Crippen LogP contribution in [0.4, 0.5) is 4.39 Å². The van der Waals surface area contributed by atoms with Crippen molar-refractivity contribution in [3.05, 3.63) is 29.6 Å². The Hall–Kier alpha value is -1.95. The Morgan fingerprint density at radius 1 is 1.35 bits per heavy atom. The van der Waals surface area contributed by atoms with Gasteiger partial charge in [0.2, 0.25) is 5.91 Å². The molecule has 0 saturated carbocycles. The van der Waals surface area contributed by atoms with Gasteiger partial charge < -0.3 is 10.1 Å². The third-order valence-corrected chi connectivity index (χ3v) is 2.67. The Morgan fingerprint density at radius 3 is 2.60 bits per heavy atom. The average molecular weight is 282 g/mol. The summed E-state index contributed by atoms with van der Waals surface area (Å²) in [6.45, 7) is 2.54. The zero-order valence-corrected chi connectivity index (χ0v) is 11.9. The molecule has 1 N–H and O–H groups in total. The Balaban J connectivity index is 2.62. The van der Waals surface area contributed by atoms with Crippen LogP contribution in [0, 0.1) is 5.82 Å². The first-order valence-corrected chi connectivity index (χ1v) is 6.30. The molecule has 5 nitrogen and oxygen atoms in total. The molecular formula is C14H19FN2O3. The molecule has 0 saturated heterocycles. The van der Waals surface area contributed by atoms with E-state index >= 15 is 0 Å². The van der Waals surface area contributed by atoms with Crippen molar-refractivity contribution in [2.45, 2.75) is 6.92 Å². The number of rotatable bonds is 7. The summed E-state index contributed by atoms with van der Waals surface area (Å²) in [5.74, 6) is -0.885. The fourth-order valence-electron chi connectivity index (χ4n) is 1.73. The van der Waals surface area contributed by atoms with E-state index in [0.29, 0.717) is 6.54 Å². The number of hydrogen-bond donors (Lipinski definition) is 1. The summed E-state index contributed by atoms with van der Waals surface area (Å²) < 4.78 is 18.3. The van der Waals surface area contributed by atoms with Crippen LogP contribution in [0.25, 0.3) is 0 Å². The summed E-state index contributed by atoms with van der Waals surface area (Å²) in [5.41, 5.74) is 0.256. The molecule has 110 valence electrons. The van der Waals surface area contributed by atoms with Crippen molar-refractivity contribution in [1.29, 1.82) is 0 Å². The molecule has 1 aromatic carbocycles. The van der Waals surface area contributed by atoms with Gasteiger partial charge in [0.05, 0.1) is 20.2 Å². The van der Waals surface area contributed by atoms with Crippen molar-refractivity contribution in [3.63, 3.8) is 0 Å². The Kier molecular flexibility index (Phi) is 6.11. The minimum atomic E-state index is -0.579. The topological polar surface area (TPSA) is 58.6 Å². The lowest BCUT2D eigenvalue weighted by atomic mass is 10.1. The van der Waals surface area contributed by atoms with Crippen molar-refractivity contribution < 1.29 is 18.7 Å². The maximum atomic E-state index is 13.5. The third kappa shape index (κ3) is 4.62.